The predicted octanol–water partition coefficient (Wildman–Crippen LogP) is 1.36. The molecule has 0 fully saturated rings. The third-order valence-electron chi connectivity index (χ3n) is 2.76. The zero-order valence-corrected chi connectivity index (χ0v) is 11.6. The summed E-state index contributed by atoms with van der Waals surface area (Å²) in [6.07, 6.45) is 0. The number of nitrogens with zero attached hydrogens (tertiary/aromatic N) is 1. The van der Waals surface area contributed by atoms with Crippen LogP contribution in [-0.2, 0) is 11.3 Å². The maximum absolute atomic E-state index is 5.14. The summed E-state index contributed by atoms with van der Waals surface area (Å²) in [5.74, 6) is 0.905. The van der Waals surface area contributed by atoms with Gasteiger partial charge in [-0.3, -0.25) is 0 Å². The molecule has 0 saturated carbocycles. The van der Waals surface area contributed by atoms with Crippen LogP contribution in [0, 0.1) is 0 Å². The molecular formula is C14H24N2O2. The van der Waals surface area contributed by atoms with E-state index < -0.39 is 0 Å². The van der Waals surface area contributed by atoms with E-state index in [4.69, 9.17) is 9.47 Å². The molecule has 1 aromatic rings. The van der Waals surface area contributed by atoms with Gasteiger partial charge in [0.2, 0.25) is 0 Å². The van der Waals surface area contributed by atoms with E-state index >= 15 is 0 Å². The van der Waals surface area contributed by atoms with Crippen molar-refractivity contribution in [3.05, 3.63) is 29.8 Å². The third-order valence-corrected chi connectivity index (χ3v) is 2.76. The second-order valence-corrected chi connectivity index (χ2v) is 4.33. The van der Waals surface area contributed by atoms with Gasteiger partial charge in [0.1, 0.15) is 5.75 Å². The van der Waals surface area contributed by atoms with Gasteiger partial charge in [0.25, 0.3) is 0 Å². The summed E-state index contributed by atoms with van der Waals surface area (Å²) in [6.45, 7) is 4.64. The first kappa shape index (κ1) is 15.0. The highest BCUT2D eigenvalue weighted by molar-refractivity contribution is 5.26. The molecule has 0 aromatic heterocycles. The Morgan fingerprint density at radius 3 is 2.44 bits per heavy atom. The lowest BCUT2D eigenvalue weighted by molar-refractivity contribution is 0.197. The van der Waals surface area contributed by atoms with Crippen molar-refractivity contribution < 1.29 is 9.47 Å². The highest BCUT2D eigenvalue weighted by atomic mass is 16.5. The van der Waals surface area contributed by atoms with E-state index in [-0.39, 0.29) is 0 Å². The molecule has 4 heteroatoms. The molecule has 0 bridgehead atoms. The summed E-state index contributed by atoms with van der Waals surface area (Å²) < 4.78 is 10.1. The maximum atomic E-state index is 5.14. The monoisotopic (exact) mass is 252 g/mol. The summed E-state index contributed by atoms with van der Waals surface area (Å²) in [4.78, 5) is 2.29. The number of hydrogen-bond donors (Lipinski definition) is 1. The SMILES string of the molecule is COCCNCCN(C)Cc1ccc(OC)cc1. The molecule has 0 radical (unpaired) electrons. The fourth-order valence-electron chi connectivity index (χ4n) is 1.69. The standard InChI is InChI=1S/C14H24N2O2/c1-16(10-8-15-9-11-17-2)12-13-4-6-14(18-3)7-5-13/h4-7,15H,8-12H2,1-3H3. The number of nitrogens with one attached hydrogen (secondary N) is 1. The fourth-order valence-corrected chi connectivity index (χ4v) is 1.69. The summed E-state index contributed by atoms with van der Waals surface area (Å²) in [6, 6.07) is 8.21. The van der Waals surface area contributed by atoms with Gasteiger partial charge in [-0.2, -0.15) is 0 Å². The molecule has 0 amide bonds. The van der Waals surface area contributed by atoms with Gasteiger partial charge in [0, 0.05) is 33.3 Å². The van der Waals surface area contributed by atoms with Crippen molar-refractivity contribution in [2.24, 2.45) is 0 Å². The normalized spacial score (nSPS) is 10.9. The van der Waals surface area contributed by atoms with Crippen molar-refractivity contribution in [1.82, 2.24) is 10.2 Å². The molecule has 0 atom stereocenters. The average molecular weight is 252 g/mol. The minimum atomic E-state index is 0.766. The van der Waals surface area contributed by atoms with Gasteiger partial charge in [-0.15, -0.1) is 0 Å². The van der Waals surface area contributed by atoms with Crippen LogP contribution in [0.1, 0.15) is 5.56 Å². The van der Waals surface area contributed by atoms with Crippen LogP contribution < -0.4 is 10.1 Å². The van der Waals surface area contributed by atoms with E-state index in [2.05, 4.69) is 29.4 Å². The van der Waals surface area contributed by atoms with Gasteiger partial charge in [-0.05, 0) is 24.7 Å². The summed E-state index contributed by atoms with van der Waals surface area (Å²) in [5.41, 5.74) is 1.30. The van der Waals surface area contributed by atoms with Crippen LogP contribution in [0.4, 0.5) is 0 Å². The van der Waals surface area contributed by atoms with E-state index in [1.807, 2.05) is 12.1 Å². The van der Waals surface area contributed by atoms with Gasteiger partial charge >= 0.3 is 0 Å². The lowest BCUT2D eigenvalue weighted by atomic mass is 10.2. The number of rotatable bonds is 9. The zero-order chi connectivity index (χ0) is 13.2. The Balaban J connectivity index is 2.20. The van der Waals surface area contributed by atoms with Gasteiger partial charge in [0.05, 0.1) is 13.7 Å². The van der Waals surface area contributed by atoms with Gasteiger partial charge < -0.3 is 19.7 Å². The van der Waals surface area contributed by atoms with Crippen molar-refractivity contribution in [1.29, 1.82) is 0 Å². The molecule has 1 N–H and O–H groups in total. The molecule has 0 spiro atoms. The number of methoxy groups -OCH3 is 2. The first-order chi connectivity index (χ1) is 8.76. The molecule has 1 rings (SSSR count). The van der Waals surface area contributed by atoms with Crippen LogP contribution in [-0.4, -0.2) is 52.4 Å². The van der Waals surface area contributed by atoms with Crippen molar-refractivity contribution >= 4 is 0 Å². The molecule has 0 aliphatic rings. The number of likely N-dealkylation sites (N-methyl/N-ethyl adjacent to an activating group) is 1. The molecule has 18 heavy (non-hydrogen) atoms. The molecule has 0 unspecified atom stereocenters. The van der Waals surface area contributed by atoms with E-state index in [0.717, 1.165) is 38.5 Å². The molecule has 0 aliphatic heterocycles. The van der Waals surface area contributed by atoms with Crippen LogP contribution in [0.5, 0.6) is 5.75 Å². The summed E-state index contributed by atoms with van der Waals surface area (Å²) in [5, 5.41) is 3.33. The van der Waals surface area contributed by atoms with E-state index in [9.17, 15) is 0 Å². The minimum Gasteiger partial charge on any atom is -0.497 e. The lowest BCUT2D eigenvalue weighted by Gasteiger charge is -2.17. The maximum Gasteiger partial charge on any atom is 0.118 e. The predicted molar refractivity (Wildman–Crippen MR) is 74.1 cm³/mol. The first-order valence-corrected chi connectivity index (χ1v) is 6.27. The average Bonchev–Trinajstić information content (AvgIpc) is 2.39. The number of ether oxygens (including phenoxy) is 2. The number of benzene rings is 1. The molecule has 0 saturated heterocycles. The smallest absolute Gasteiger partial charge is 0.118 e. The van der Waals surface area contributed by atoms with E-state index in [1.165, 1.54) is 5.56 Å². The Hall–Kier alpha value is -1.10. The Bertz CT molecular complexity index is 314. The van der Waals surface area contributed by atoms with Crippen LogP contribution in [0.3, 0.4) is 0 Å². The summed E-state index contributed by atoms with van der Waals surface area (Å²) >= 11 is 0. The minimum absolute atomic E-state index is 0.766. The van der Waals surface area contributed by atoms with Crippen LogP contribution in [0.15, 0.2) is 24.3 Å². The molecule has 1 aromatic carbocycles. The first-order valence-electron chi connectivity index (χ1n) is 6.27. The third kappa shape index (κ3) is 6.00. The Labute approximate surface area is 110 Å². The Kier molecular flexibility index (Phi) is 7.41. The highest BCUT2D eigenvalue weighted by Gasteiger charge is 2.00. The zero-order valence-electron chi connectivity index (χ0n) is 11.6. The largest absolute Gasteiger partial charge is 0.497 e. The molecule has 4 nitrogen and oxygen atoms in total. The quantitative estimate of drug-likeness (QED) is 0.673. The fraction of sp³-hybridized carbons (Fsp3) is 0.571. The second kappa shape index (κ2) is 8.91. The van der Waals surface area contributed by atoms with Gasteiger partial charge in [-0.1, -0.05) is 12.1 Å². The van der Waals surface area contributed by atoms with Crippen molar-refractivity contribution in [2.75, 3.05) is 47.5 Å². The molecule has 0 heterocycles. The van der Waals surface area contributed by atoms with E-state index in [1.54, 1.807) is 14.2 Å². The van der Waals surface area contributed by atoms with Crippen molar-refractivity contribution in [3.63, 3.8) is 0 Å². The van der Waals surface area contributed by atoms with E-state index in [0.29, 0.717) is 0 Å². The lowest BCUT2D eigenvalue weighted by Crippen LogP contribution is -2.30. The van der Waals surface area contributed by atoms with Crippen LogP contribution in [0.2, 0.25) is 0 Å². The molecule has 102 valence electrons. The molecular weight excluding hydrogens is 228 g/mol. The van der Waals surface area contributed by atoms with Gasteiger partial charge in [-0.25, -0.2) is 0 Å². The summed E-state index contributed by atoms with van der Waals surface area (Å²) in [7, 11) is 5.53. The number of hydrogen-bond acceptors (Lipinski definition) is 4. The van der Waals surface area contributed by atoms with Gasteiger partial charge in [0.15, 0.2) is 0 Å². The Morgan fingerprint density at radius 1 is 1.11 bits per heavy atom. The highest BCUT2D eigenvalue weighted by Crippen LogP contribution is 2.12. The Morgan fingerprint density at radius 2 is 1.83 bits per heavy atom. The van der Waals surface area contributed by atoms with Crippen LogP contribution in [0.25, 0.3) is 0 Å². The molecule has 0 aliphatic carbocycles. The van der Waals surface area contributed by atoms with Crippen molar-refractivity contribution in [3.8, 4) is 5.75 Å². The second-order valence-electron chi connectivity index (χ2n) is 4.33. The van der Waals surface area contributed by atoms with Crippen molar-refractivity contribution in [2.45, 2.75) is 6.54 Å². The topological polar surface area (TPSA) is 33.7 Å². The van der Waals surface area contributed by atoms with Crippen LogP contribution >= 0.6 is 0 Å².